The molecule has 5 nitrogen and oxygen atoms in total. The van der Waals surface area contributed by atoms with E-state index in [2.05, 4.69) is 28.9 Å². The summed E-state index contributed by atoms with van der Waals surface area (Å²) in [6.07, 6.45) is 0.760. The molecule has 0 spiro atoms. The Hall–Kier alpha value is -1.23. The third-order valence-electron chi connectivity index (χ3n) is 3.01. The van der Waals surface area contributed by atoms with Gasteiger partial charge in [-0.2, -0.15) is 4.98 Å². The maximum absolute atomic E-state index is 11.2. The maximum Gasteiger partial charge on any atom is 0.236 e. The highest BCUT2D eigenvalue weighted by molar-refractivity contribution is 5.81. The van der Waals surface area contributed by atoms with Gasteiger partial charge in [-0.3, -0.25) is 4.79 Å². The lowest BCUT2D eigenvalue weighted by Gasteiger charge is -2.16. The molecule has 5 heteroatoms. The predicted octanol–water partition coefficient (Wildman–Crippen LogP) is 1.65. The van der Waals surface area contributed by atoms with Crippen LogP contribution in [0.25, 0.3) is 0 Å². The summed E-state index contributed by atoms with van der Waals surface area (Å²) in [5.41, 5.74) is 0. The quantitative estimate of drug-likeness (QED) is 0.724. The molecule has 1 aromatic heterocycles. The summed E-state index contributed by atoms with van der Waals surface area (Å²) in [4.78, 5) is 17.7. The highest BCUT2D eigenvalue weighted by atomic mass is 16.5. The molecule has 0 N–H and O–H groups in total. The Kier molecular flexibility index (Phi) is 5.28. The topological polar surface area (TPSA) is 59.2 Å². The van der Waals surface area contributed by atoms with Crippen molar-refractivity contribution >= 4 is 5.78 Å². The van der Waals surface area contributed by atoms with E-state index in [9.17, 15) is 4.79 Å². The molecule has 0 amide bonds. The molecule has 1 heterocycles. The zero-order valence-electron chi connectivity index (χ0n) is 11.1. The summed E-state index contributed by atoms with van der Waals surface area (Å²) >= 11 is 0. The molecule has 0 bridgehead atoms. The second-order valence-corrected chi connectivity index (χ2v) is 4.16. The molecule has 0 radical (unpaired) electrons. The van der Waals surface area contributed by atoms with Gasteiger partial charge in [0.1, 0.15) is 5.78 Å². The molecule has 0 saturated heterocycles. The second-order valence-electron chi connectivity index (χ2n) is 4.16. The number of carbonyl (C=O) groups is 1. The van der Waals surface area contributed by atoms with Crippen LogP contribution >= 0.6 is 0 Å². The van der Waals surface area contributed by atoms with E-state index in [1.807, 2.05) is 0 Å². The number of aromatic nitrogens is 2. The van der Waals surface area contributed by atoms with Crippen molar-refractivity contribution in [1.82, 2.24) is 15.0 Å². The van der Waals surface area contributed by atoms with Crippen molar-refractivity contribution in [2.75, 3.05) is 19.6 Å². The molecule has 0 fully saturated rings. The molecule has 0 aliphatic rings. The van der Waals surface area contributed by atoms with Crippen LogP contribution in [0.2, 0.25) is 0 Å². The fraction of sp³-hybridized carbons (Fsp3) is 0.750. The van der Waals surface area contributed by atoms with Crippen molar-refractivity contribution in [2.45, 2.75) is 40.0 Å². The van der Waals surface area contributed by atoms with E-state index in [-0.39, 0.29) is 11.7 Å². The van der Waals surface area contributed by atoms with Crippen molar-refractivity contribution in [3.05, 3.63) is 11.7 Å². The molecule has 17 heavy (non-hydrogen) atoms. The van der Waals surface area contributed by atoms with Crippen LogP contribution in [0.4, 0.5) is 0 Å². The Morgan fingerprint density at radius 3 is 2.59 bits per heavy atom. The average molecular weight is 239 g/mol. The molecule has 0 aromatic carbocycles. The molecular weight excluding hydrogens is 218 g/mol. The third-order valence-corrected chi connectivity index (χ3v) is 3.01. The summed E-state index contributed by atoms with van der Waals surface area (Å²) < 4.78 is 5.09. The summed E-state index contributed by atoms with van der Waals surface area (Å²) in [7, 11) is 0. The highest BCUT2D eigenvalue weighted by Gasteiger charge is 2.18. The minimum Gasteiger partial charge on any atom is -0.339 e. The van der Waals surface area contributed by atoms with Crippen molar-refractivity contribution < 1.29 is 9.32 Å². The number of carbonyl (C=O) groups excluding carboxylic acids is 1. The largest absolute Gasteiger partial charge is 0.339 e. The average Bonchev–Trinajstić information content (AvgIpc) is 2.78. The van der Waals surface area contributed by atoms with Gasteiger partial charge in [-0.1, -0.05) is 19.0 Å². The second kappa shape index (κ2) is 6.49. The number of Topliss-reactive ketones (excluding diaryl/α,β-unsaturated/α-hetero) is 1. The van der Waals surface area contributed by atoms with Gasteiger partial charge in [-0.05, 0) is 26.9 Å². The lowest BCUT2D eigenvalue weighted by molar-refractivity contribution is -0.118. The number of rotatable bonds is 7. The van der Waals surface area contributed by atoms with Crippen LogP contribution in [0.1, 0.15) is 45.3 Å². The van der Waals surface area contributed by atoms with E-state index >= 15 is 0 Å². The van der Waals surface area contributed by atoms with Gasteiger partial charge in [0, 0.05) is 13.0 Å². The van der Waals surface area contributed by atoms with Crippen molar-refractivity contribution in [3.63, 3.8) is 0 Å². The Morgan fingerprint density at radius 1 is 1.41 bits per heavy atom. The molecule has 0 aliphatic carbocycles. The van der Waals surface area contributed by atoms with E-state index in [0.29, 0.717) is 11.7 Å². The van der Waals surface area contributed by atoms with Crippen LogP contribution in [0.15, 0.2) is 4.52 Å². The van der Waals surface area contributed by atoms with Crippen LogP contribution in [0.3, 0.4) is 0 Å². The van der Waals surface area contributed by atoms with Crippen LogP contribution in [-0.4, -0.2) is 40.5 Å². The lowest BCUT2D eigenvalue weighted by Crippen LogP contribution is -2.25. The van der Waals surface area contributed by atoms with Crippen LogP contribution in [-0.2, 0) is 11.2 Å². The van der Waals surface area contributed by atoms with Crippen molar-refractivity contribution in [2.24, 2.45) is 0 Å². The van der Waals surface area contributed by atoms with E-state index in [1.54, 1.807) is 6.92 Å². The molecule has 96 valence electrons. The van der Waals surface area contributed by atoms with Crippen LogP contribution in [0, 0.1) is 0 Å². The van der Waals surface area contributed by atoms with E-state index in [1.165, 1.54) is 6.92 Å². The third kappa shape index (κ3) is 3.93. The molecule has 1 rings (SSSR count). The number of hydrogen-bond donors (Lipinski definition) is 0. The first-order valence-corrected chi connectivity index (χ1v) is 6.13. The first-order valence-electron chi connectivity index (χ1n) is 6.13. The normalized spacial score (nSPS) is 13.0. The summed E-state index contributed by atoms with van der Waals surface area (Å²) in [6.45, 7) is 10.5. The van der Waals surface area contributed by atoms with E-state index in [4.69, 9.17) is 4.52 Å². The Balaban J connectivity index is 2.54. The predicted molar refractivity (Wildman–Crippen MR) is 64.9 cm³/mol. The van der Waals surface area contributed by atoms with Crippen LogP contribution in [0.5, 0.6) is 0 Å². The molecular formula is C12H21N3O2. The standard InChI is InChI=1S/C12H21N3O2/c1-5-15(6-2)8-7-11-13-12(17-14-11)9(3)10(4)16/h9H,5-8H2,1-4H3. The fourth-order valence-electron chi connectivity index (χ4n) is 1.52. The van der Waals surface area contributed by atoms with Gasteiger partial charge < -0.3 is 9.42 Å². The molecule has 0 saturated carbocycles. The molecule has 1 unspecified atom stereocenters. The number of ketones is 1. The van der Waals surface area contributed by atoms with Gasteiger partial charge in [0.25, 0.3) is 0 Å². The smallest absolute Gasteiger partial charge is 0.236 e. The number of likely N-dealkylation sites (N-methyl/N-ethyl adjacent to an activating group) is 1. The monoisotopic (exact) mass is 239 g/mol. The minimum atomic E-state index is -0.301. The Labute approximate surface area is 102 Å². The van der Waals surface area contributed by atoms with Gasteiger partial charge in [0.15, 0.2) is 5.82 Å². The number of nitrogens with zero attached hydrogens (tertiary/aromatic N) is 3. The first-order chi connectivity index (χ1) is 8.08. The fourth-order valence-corrected chi connectivity index (χ4v) is 1.52. The number of hydrogen-bond acceptors (Lipinski definition) is 5. The van der Waals surface area contributed by atoms with E-state index in [0.717, 1.165) is 26.1 Å². The summed E-state index contributed by atoms with van der Waals surface area (Å²) in [6, 6.07) is 0. The molecule has 1 atom stereocenters. The van der Waals surface area contributed by atoms with Gasteiger partial charge in [-0.15, -0.1) is 0 Å². The highest BCUT2D eigenvalue weighted by Crippen LogP contribution is 2.13. The van der Waals surface area contributed by atoms with E-state index < -0.39 is 0 Å². The zero-order valence-corrected chi connectivity index (χ0v) is 11.1. The summed E-state index contributed by atoms with van der Waals surface area (Å²) in [5.74, 6) is 0.848. The first kappa shape index (κ1) is 13.8. The van der Waals surface area contributed by atoms with Crippen molar-refractivity contribution in [3.8, 4) is 0 Å². The maximum atomic E-state index is 11.2. The Bertz CT molecular complexity index is 358. The SMILES string of the molecule is CCN(CC)CCc1noc(C(C)C(C)=O)n1. The van der Waals surface area contributed by atoms with Gasteiger partial charge >= 0.3 is 0 Å². The van der Waals surface area contributed by atoms with Gasteiger partial charge in [0.2, 0.25) is 5.89 Å². The zero-order chi connectivity index (χ0) is 12.8. The minimum absolute atomic E-state index is 0.0453. The Morgan fingerprint density at radius 2 is 2.06 bits per heavy atom. The molecule has 1 aromatic rings. The summed E-state index contributed by atoms with van der Waals surface area (Å²) in [5, 5.41) is 3.90. The van der Waals surface area contributed by atoms with Gasteiger partial charge in [0.05, 0.1) is 5.92 Å². The van der Waals surface area contributed by atoms with Gasteiger partial charge in [-0.25, -0.2) is 0 Å². The molecule has 0 aliphatic heterocycles. The van der Waals surface area contributed by atoms with Crippen molar-refractivity contribution in [1.29, 1.82) is 0 Å². The lowest BCUT2D eigenvalue weighted by atomic mass is 10.1. The van der Waals surface area contributed by atoms with Crippen LogP contribution < -0.4 is 0 Å².